The summed E-state index contributed by atoms with van der Waals surface area (Å²) in [6.45, 7) is 0.829. The highest BCUT2D eigenvalue weighted by Gasteiger charge is 2.33. The molecule has 0 amide bonds. The van der Waals surface area contributed by atoms with E-state index >= 15 is 0 Å². The molecule has 0 saturated heterocycles. The van der Waals surface area contributed by atoms with Gasteiger partial charge in [-0.05, 0) is 29.9 Å². The Hall–Kier alpha value is -0.860. The lowest BCUT2D eigenvalue weighted by Gasteiger charge is -2.15. The van der Waals surface area contributed by atoms with Gasteiger partial charge in [0.05, 0.1) is 6.10 Å². The van der Waals surface area contributed by atoms with E-state index in [0.29, 0.717) is 0 Å². The summed E-state index contributed by atoms with van der Waals surface area (Å²) < 4.78 is 5.77. The van der Waals surface area contributed by atoms with Crippen molar-refractivity contribution in [2.75, 3.05) is 6.61 Å². The average molecular weight is 204 g/mol. The Morgan fingerprint density at radius 1 is 1.27 bits per heavy atom. The Morgan fingerprint density at radius 2 is 2.07 bits per heavy atom. The van der Waals surface area contributed by atoms with Crippen LogP contribution in [0, 0.1) is 5.92 Å². The molecule has 2 atom stereocenters. The molecule has 0 spiro atoms. The molecule has 1 aromatic rings. The van der Waals surface area contributed by atoms with E-state index in [1.165, 1.54) is 18.4 Å². The number of aliphatic hydroxyl groups excluding tert-OH is 1. The van der Waals surface area contributed by atoms with E-state index in [-0.39, 0.29) is 6.10 Å². The van der Waals surface area contributed by atoms with E-state index in [0.717, 1.165) is 24.5 Å². The van der Waals surface area contributed by atoms with Gasteiger partial charge >= 0.3 is 0 Å². The van der Waals surface area contributed by atoms with Gasteiger partial charge in [0.15, 0.2) is 0 Å². The summed E-state index contributed by atoms with van der Waals surface area (Å²) in [5, 5.41) is 10.0. The van der Waals surface area contributed by atoms with Crippen LogP contribution in [0.5, 0.6) is 0 Å². The first-order chi connectivity index (χ1) is 7.34. The van der Waals surface area contributed by atoms with Gasteiger partial charge in [0, 0.05) is 13.0 Å². The highest BCUT2D eigenvalue weighted by Crippen LogP contribution is 2.35. The van der Waals surface area contributed by atoms with E-state index in [4.69, 9.17) is 4.74 Å². The maximum Gasteiger partial charge on any atom is 0.106 e. The lowest BCUT2D eigenvalue weighted by atomic mass is 10.1. The molecule has 1 N–H and O–H groups in total. The van der Waals surface area contributed by atoms with Gasteiger partial charge in [0.25, 0.3) is 0 Å². The molecule has 80 valence electrons. The third-order valence-electron chi connectivity index (χ3n) is 3.39. The zero-order valence-electron chi connectivity index (χ0n) is 8.73. The summed E-state index contributed by atoms with van der Waals surface area (Å²) in [5.41, 5.74) is 2.30. The van der Waals surface area contributed by atoms with E-state index in [2.05, 4.69) is 6.07 Å². The second kappa shape index (κ2) is 3.62. The van der Waals surface area contributed by atoms with Gasteiger partial charge in [-0.25, -0.2) is 0 Å². The van der Waals surface area contributed by atoms with Crippen LogP contribution >= 0.6 is 0 Å². The van der Waals surface area contributed by atoms with E-state index in [9.17, 15) is 5.11 Å². The third kappa shape index (κ3) is 1.80. The molecule has 3 rings (SSSR count). The Morgan fingerprint density at radius 3 is 2.80 bits per heavy atom. The Balaban J connectivity index is 1.68. The molecule has 0 heterocycles. The van der Waals surface area contributed by atoms with Gasteiger partial charge in [-0.2, -0.15) is 0 Å². The Kier molecular flexibility index (Phi) is 2.26. The van der Waals surface area contributed by atoms with Crippen LogP contribution in [0.2, 0.25) is 0 Å². The van der Waals surface area contributed by atoms with Gasteiger partial charge in [0.1, 0.15) is 6.10 Å². The van der Waals surface area contributed by atoms with Crippen molar-refractivity contribution in [1.29, 1.82) is 0 Å². The summed E-state index contributed by atoms with van der Waals surface area (Å²) in [6.07, 6.45) is 3.04. The first-order valence-electron chi connectivity index (χ1n) is 5.72. The second-order valence-corrected chi connectivity index (χ2v) is 4.66. The quantitative estimate of drug-likeness (QED) is 0.816. The molecule has 2 heteroatoms. The predicted molar refractivity (Wildman–Crippen MR) is 57.6 cm³/mol. The number of hydrogen-bond donors (Lipinski definition) is 1. The number of fused-ring (bicyclic) bond motifs is 1. The van der Waals surface area contributed by atoms with Gasteiger partial charge in [-0.3, -0.25) is 0 Å². The van der Waals surface area contributed by atoms with Gasteiger partial charge in [-0.1, -0.05) is 24.3 Å². The molecule has 0 bridgehead atoms. The Labute approximate surface area is 89.9 Å². The minimum atomic E-state index is -0.417. The van der Waals surface area contributed by atoms with Crippen LogP contribution in [-0.2, 0) is 11.2 Å². The summed E-state index contributed by atoms with van der Waals surface area (Å²) in [5.74, 6) is 0.765. The monoisotopic (exact) mass is 204 g/mol. The zero-order chi connectivity index (χ0) is 10.3. The minimum Gasteiger partial charge on any atom is -0.386 e. The Bertz CT molecular complexity index is 357. The second-order valence-electron chi connectivity index (χ2n) is 4.66. The minimum absolute atomic E-state index is 0.0111. The summed E-state index contributed by atoms with van der Waals surface area (Å²) in [4.78, 5) is 0. The number of ether oxygens (including phenoxy) is 1. The molecule has 2 aliphatic carbocycles. The largest absolute Gasteiger partial charge is 0.386 e. The molecule has 0 aromatic heterocycles. The van der Waals surface area contributed by atoms with Crippen molar-refractivity contribution < 1.29 is 9.84 Å². The normalized spacial score (nSPS) is 29.1. The fourth-order valence-corrected chi connectivity index (χ4v) is 2.23. The highest BCUT2D eigenvalue weighted by molar-refractivity contribution is 5.35. The molecular weight excluding hydrogens is 188 g/mol. The summed E-state index contributed by atoms with van der Waals surface area (Å²) in [7, 11) is 0. The lowest BCUT2D eigenvalue weighted by molar-refractivity contribution is -0.0317. The topological polar surface area (TPSA) is 29.5 Å². The summed E-state index contributed by atoms with van der Waals surface area (Å²) >= 11 is 0. The zero-order valence-corrected chi connectivity index (χ0v) is 8.73. The van der Waals surface area contributed by atoms with Crippen molar-refractivity contribution in [3.8, 4) is 0 Å². The number of rotatable bonds is 3. The van der Waals surface area contributed by atoms with Crippen molar-refractivity contribution in [2.45, 2.75) is 31.5 Å². The SMILES string of the molecule is OC1c2ccccc2CC1OCC1CC1. The van der Waals surface area contributed by atoms with E-state index in [1.807, 2.05) is 18.2 Å². The van der Waals surface area contributed by atoms with Crippen LogP contribution in [-0.4, -0.2) is 17.8 Å². The van der Waals surface area contributed by atoms with Crippen molar-refractivity contribution in [3.63, 3.8) is 0 Å². The lowest BCUT2D eigenvalue weighted by Crippen LogP contribution is -2.19. The van der Waals surface area contributed by atoms with Crippen LogP contribution in [0.3, 0.4) is 0 Å². The number of benzene rings is 1. The predicted octanol–water partition coefficient (Wildman–Crippen LogP) is 2.07. The van der Waals surface area contributed by atoms with Crippen LogP contribution in [0.1, 0.15) is 30.1 Å². The molecule has 2 nitrogen and oxygen atoms in total. The van der Waals surface area contributed by atoms with Crippen molar-refractivity contribution in [1.82, 2.24) is 0 Å². The number of hydrogen-bond acceptors (Lipinski definition) is 2. The molecule has 0 radical (unpaired) electrons. The standard InChI is InChI=1S/C13H16O2/c14-13-11-4-2-1-3-10(11)7-12(13)15-8-9-5-6-9/h1-4,9,12-14H,5-8H2. The van der Waals surface area contributed by atoms with Crippen molar-refractivity contribution in [2.24, 2.45) is 5.92 Å². The molecule has 0 aliphatic heterocycles. The van der Waals surface area contributed by atoms with Gasteiger partial charge < -0.3 is 9.84 Å². The average Bonchev–Trinajstić information content (AvgIpc) is 3.03. The molecule has 2 aliphatic rings. The van der Waals surface area contributed by atoms with Crippen LogP contribution in [0.15, 0.2) is 24.3 Å². The first kappa shape index (κ1) is 9.37. The number of aliphatic hydroxyl groups is 1. The third-order valence-corrected chi connectivity index (χ3v) is 3.39. The smallest absolute Gasteiger partial charge is 0.106 e. The van der Waals surface area contributed by atoms with E-state index < -0.39 is 6.10 Å². The molecule has 1 aromatic carbocycles. The van der Waals surface area contributed by atoms with Crippen LogP contribution in [0.25, 0.3) is 0 Å². The van der Waals surface area contributed by atoms with Crippen molar-refractivity contribution in [3.05, 3.63) is 35.4 Å². The van der Waals surface area contributed by atoms with Gasteiger partial charge in [0.2, 0.25) is 0 Å². The molecular formula is C13H16O2. The molecule has 1 fully saturated rings. The van der Waals surface area contributed by atoms with Crippen LogP contribution in [0.4, 0.5) is 0 Å². The molecule has 15 heavy (non-hydrogen) atoms. The van der Waals surface area contributed by atoms with E-state index in [1.54, 1.807) is 0 Å². The summed E-state index contributed by atoms with van der Waals surface area (Å²) in [6, 6.07) is 8.08. The first-order valence-corrected chi connectivity index (χ1v) is 5.72. The van der Waals surface area contributed by atoms with Gasteiger partial charge in [-0.15, -0.1) is 0 Å². The highest BCUT2D eigenvalue weighted by atomic mass is 16.5. The molecule has 2 unspecified atom stereocenters. The maximum absolute atomic E-state index is 10.0. The fraction of sp³-hybridized carbons (Fsp3) is 0.538. The fourth-order valence-electron chi connectivity index (χ4n) is 2.23. The maximum atomic E-state index is 10.0. The molecule has 1 saturated carbocycles. The van der Waals surface area contributed by atoms with Crippen molar-refractivity contribution >= 4 is 0 Å². The van der Waals surface area contributed by atoms with Crippen LogP contribution < -0.4 is 0 Å².